The molecule has 5 rings (SSSR count). The summed E-state index contributed by atoms with van der Waals surface area (Å²) in [5, 5.41) is 4.47. The van der Waals surface area contributed by atoms with E-state index in [1.807, 2.05) is 42.5 Å². The Kier molecular flexibility index (Phi) is 7.59. The molecule has 2 N–H and O–H groups in total. The molecule has 0 saturated carbocycles. The third-order valence-corrected chi connectivity index (χ3v) is 7.34. The summed E-state index contributed by atoms with van der Waals surface area (Å²) in [6.07, 6.45) is 8.06. The molecule has 0 unspecified atom stereocenters. The van der Waals surface area contributed by atoms with Gasteiger partial charge in [-0.15, -0.1) is 0 Å². The van der Waals surface area contributed by atoms with E-state index in [1.54, 1.807) is 0 Å². The summed E-state index contributed by atoms with van der Waals surface area (Å²) in [6, 6.07) is 26.8. The summed E-state index contributed by atoms with van der Waals surface area (Å²) < 4.78 is 0. The molecule has 2 heterocycles. The molecule has 1 amide bonds. The van der Waals surface area contributed by atoms with Crippen LogP contribution in [0.25, 0.3) is 22.0 Å². The second kappa shape index (κ2) is 11.4. The summed E-state index contributed by atoms with van der Waals surface area (Å²) in [5.74, 6) is 0.684. The Balaban J connectivity index is 0.975. The van der Waals surface area contributed by atoms with Crippen LogP contribution in [0.1, 0.15) is 53.9 Å². The van der Waals surface area contributed by atoms with Gasteiger partial charge in [-0.25, -0.2) is 0 Å². The van der Waals surface area contributed by atoms with E-state index in [4.69, 9.17) is 0 Å². The van der Waals surface area contributed by atoms with Crippen molar-refractivity contribution in [1.82, 2.24) is 15.2 Å². The molecule has 4 nitrogen and oxygen atoms in total. The van der Waals surface area contributed by atoms with Gasteiger partial charge in [0.15, 0.2) is 0 Å². The van der Waals surface area contributed by atoms with Crippen LogP contribution in [0.5, 0.6) is 0 Å². The molecule has 0 spiro atoms. The Morgan fingerprint density at radius 1 is 0.829 bits per heavy atom. The van der Waals surface area contributed by atoms with Crippen molar-refractivity contribution in [2.24, 2.45) is 0 Å². The molecule has 1 aromatic heterocycles. The van der Waals surface area contributed by atoms with Gasteiger partial charge in [-0.3, -0.25) is 4.79 Å². The lowest BCUT2D eigenvalue weighted by Crippen LogP contribution is -2.33. The van der Waals surface area contributed by atoms with Crippen LogP contribution in [0.2, 0.25) is 0 Å². The minimum atomic E-state index is 0.0176. The lowest BCUT2D eigenvalue weighted by molar-refractivity contribution is 0.0953. The van der Waals surface area contributed by atoms with Crippen LogP contribution in [-0.4, -0.2) is 42.0 Å². The number of carbonyl (C=O) groups is 1. The first-order valence-electron chi connectivity index (χ1n) is 13.0. The van der Waals surface area contributed by atoms with Crippen molar-refractivity contribution in [3.8, 4) is 11.1 Å². The van der Waals surface area contributed by atoms with E-state index in [-0.39, 0.29) is 5.91 Å². The maximum atomic E-state index is 12.5. The SMILES string of the molecule is O=C(NCCCCCN1CCC(c2c[nH]c3ccccc23)CC1)c1ccc(-c2ccccc2)cc1. The number of benzene rings is 3. The lowest BCUT2D eigenvalue weighted by atomic mass is 9.89. The first kappa shape index (κ1) is 23.4. The normalized spacial score (nSPS) is 14.9. The van der Waals surface area contributed by atoms with Gasteiger partial charge in [-0.1, -0.05) is 67.1 Å². The Bertz CT molecular complexity index is 1220. The fourth-order valence-electron chi connectivity index (χ4n) is 5.29. The minimum absolute atomic E-state index is 0.0176. The topological polar surface area (TPSA) is 48.1 Å². The number of nitrogens with one attached hydrogen (secondary N) is 2. The van der Waals surface area contributed by atoms with Gasteiger partial charge < -0.3 is 15.2 Å². The van der Waals surface area contributed by atoms with Crippen LogP contribution >= 0.6 is 0 Å². The average Bonchev–Trinajstić information content (AvgIpc) is 3.36. The predicted octanol–water partition coefficient (Wildman–Crippen LogP) is 6.61. The van der Waals surface area contributed by atoms with E-state index in [9.17, 15) is 4.79 Å². The zero-order valence-corrected chi connectivity index (χ0v) is 20.4. The van der Waals surface area contributed by atoms with Crippen LogP contribution < -0.4 is 5.32 Å². The second-order valence-corrected chi connectivity index (χ2v) is 9.67. The van der Waals surface area contributed by atoms with Gasteiger partial charge in [0.25, 0.3) is 5.91 Å². The third kappa shape index (κ3) is 5.83. The maximum Gasteiger partial charge on any atom is 0.251 e. The van der Waals surface area contributed by atoms with Crippen molar-refractivity contribution < 1.29 is 4.79 Å². The molecule has 0 bridgehead atoms. The number of piperidine rings is 1. The van der Waals surface area contributed by atoms with Crippen molar-refractivity contribution in [3.63, 3.8) is 0 Å². The van der Waals surface area contributed by atoms with E-state index in [0.717, 1.165) is 37.1 Å². The highest BCUT2D eigenvalue weighted by atomic mass is 16.1. The molecule has 0 aliphatic carbocycles. The number of H-pyrrole nitrogens is 1. The van der Waals surface area contributed by atoms with Gasteiger partial charge in [0, 0.05) is 29.2 Å². The van der Waals surface area contributed by atoms with Crippen molar-refractivity contribution in [3.05, 3.63) is 96.2 Å². The number of hydrogen-bond donors (Lipinski definition) is 2. The standard InChI is InChI=1S/C31H35N3O/c35-31(27-15-13-25(14-16-27)24-9-3-1-4-10-24)32-19-7-2-8-20-34-21-17-26(18-22-34)29-23-33-30-12-6-5-11-28(29)30/h1,3-6,9-16,23,26,33H,2,7-8,17-22H2,(H,32,35). The first-order valence-corrected chi connectivity index (χ1v) is 13.0. The Morgan fingerprint density at radius 3 is 2.34 bits per heavy atom. The predicted molar refractivity (Wildman–Crippen MR) is 145 cm³/mol. The van der Waals surface area contributed by atoms with Crippen LogP contribution in [-0.2, 0) is 0 Å². The third-order valence-electron chi connectivity index (χ3n) is 7.34. The van der Waals surface area contributed by atoms with Crippen LogP contribution in [0.15, 0.2) is 85.1 Å². The number of aromatic amines is 1. The van der Waals surface area contributed by atoms with Gasteiger partial charge in [-0.05, 0) is 86.1 Å². The molecule has 180 valence electrons. The molecule has 0 radical (unpaired) electrons. The van der Waals surface area contributed by atoms with Gasteiger partial charge >= 0.3 is 0 Å². The molecule has 1 fully saturated rings. The van der Waals surface area contributed by atoms with Crippen molar-refractivity contribution in [2.45, 2.75) is 38.0 Å². The number of hydrogen-bond acceptors (Lipinski definition) is 2. The number of nitrogens with zero attached hydrogens (tertiary/aromatic N) is 1. The summed E-state index contributed by atoms with van der Waals surface area (Å²) in [5.41, 5.74) is 5.77. The lowest BCUT2D eigenvalue weighted by Gasteiger charge is -2.32. The number of fused-ring (bicyclic) bond motifs is 1. The quantitative estimate of drug-likeness (QED) is 0.273. The average molecular weight is 466 g/mol. The molecule has 1 aliphatic heterocycles. The largest absolute Gasteiger partial charge is 0.361 e. The number of unbranched alkanes of at least 4 members (excludes halogenated alkanes) is 2. The van der Waals surface area contributed by atoms with Gasteiger partial charge in [-0.2, -0.15) is 0 Å². The fourth-order valence-corrected chi connectivity index (χ4v) is 5.29. The summed E-state index contributed by atoms with van der Waals surface area (Å²) in [7, 11) is 0. The van der Waals surface area contributed by atoms with Crippen molar-refractivity contribution in [1.29, 1.82) is 0 Å². The Hall–Kier alpha value is -3.37. The van der Waals surface area contributed by atoms with E-state index in [1.165, 1.54) is 54.4 Å². The molecule has 1 aliphatic rings. The van der Waals surface area contributed by atoms with Crippen molar-refractivity contribution >= 4 is 16.8 Å². The van der Waals surface area contributed by atoms with Crippen LogP contribution in [0.3, 0.4) is 0 Å². The highest BCUT2D eigenvalue weighted by molar-refractivity contribution is 5.94. The van der Waals surface area contributed by atoms with E-state index >= 15 is 0 Å². The molecule has 3 aromatic carbocycles. The Labute approximate surface area is 208 Å². The highest BCUT2D eigenvalue weighted by Crippen LogP contribution is 2.33. The summed E-state index contributed by atoms with van der Waals surface area (Å²) in [4.78, 5) is 18.5. The molecule has 4 aromatic rings. The summed E-state index contributed by atoms with van der Waals surface area (Å²) in [6.45, 7) is 4.26. The smallest absolute Gasteiger partial charge is 0.251 e. The minimum Gasteiger partial charge on any atom is -0.361 e. The number of para-hydroxylation sites is 1. The van der Waals surface area contributed by atoms with Gasteiger partial charge in [0.1, 0.15) is 0 Å². The van der Waals surface area contributed by atoms with Gasteiger partial charge in [0.2, 0.25) is 0 Å². The number of aromatic nitrogens is 1. The Morgan fingerprint density at radius 2 is 1.54 bits per heavy atom. The number of amides is 1. The molecular weight excluding hydrogens is 430 g/mol. The number of rotatable bonds is 9. The summed E-state index contributed by atoms with van der Waals surface area (Å²) >= 11 is 0. The van der Waals surface area contributed by atoms with E-state index < -0.39 is 0 Å². The van der Waals surface area contributed by atoms with Gasteiger partial charge in [0.05, 0.1) is 0 Å². The molecule has 1 saturated heterocycles. The highest BCUT2D eigenvalue weighted by Gasteiger charge is 2.22. The van der Waals surface area contributed by atoms with E-state index in [0.29, 0.717) is 5.92 Å². The zero-order chi connectivity index (χ0) is 23.9. The number of carbonyl (C=O) groups excluding carboxylic acids is 1. The van der Waals surface area contributed by atoms with E-state index in [2.05, 4.69) is 57.8 Å². The van der Waals surface area contributed by atoms with Crippen LogP contribution in [0, 0.1) is 0 Å². The van der Waals surface area contributed by atoms with Crippen molar-refractivity contribution in [2.75, 3.05) is 26.2 Å². The molecule has 35 heavy (non-hydrogen) atoms. The monoisotopic (exact) mass is 465 g/mol. The number of likely N-dealkylation sites (tertiary alicyclic amines) is 1. The molecule has 0 atom stereocenters. The molecule has 4 heteroatoms. The molecular formula is C31H35N3O. The maximum absolute atomic E-state index is 12.5. The zero-order valence-electron chi connectivity index (χ0n) is 20.4. The van der Waals surface area contributed by atoms with Crippen LogP contribution in [0.4, 0.5) is 0 Å². The first-order chi connectivity index (χ1) is 17.3. The second-order valence-electron chi connectivity index (χ2n) is 9.67. The fraction of sp³-hybridized carbons (Fsp3) is 0.323.